The van der Waals surface area contributed by atoms with Crippen molar-refractivity contribution in [1.82, 2.24) is 0 Å². The van der Waals surface area contributed by atoms with Gasteiger partial charge in [-0.2, -0.15) is 0 Å². The number of carboxylic acids is 1. The van der Waals surface area contributed by atoms with Crippen molar-refractivity contribution < 1.29 is 9.90 Å². The van der Waals surface area contributed by atoms with Gasteiger partial charge >= 0.3 is 5.97 Å². The lowest BCUT2D eigenvalue weighted by atomic mass is 9.79. The Balaban J connectivity index is 2.00. The predicted molar refractivity (Wildman–Crippen MR) is 77.6 cm³/mol. The van der Waals surface area contributed by atoms with E-state index in [1.807, 2.05) is 6.07 Å². The minimum Gasteiger partial charge on any atom is -0.478 e. The Morgan fingerprint density at radius 3 is 2.84 bits per heavy atom. The van der Waals surface area contributed by atoms with E-state index >= 15 is 0 Å². The average Bonchev–Trinajstić information content (AvgIpc) is 2.39. The molecule has 0 saturated heterocycles. The van der Waals surface area contributed by atoms with Crippen LogP contribution in [0.3, 0.4) is 0 Å². The van der Waals surface area contributed by atoms with Gasteiger partial charge < -0.3 is 10.4 Å². The second kappa shape index (κ2) is 6.09. The smallest absolute Gasteiger partial charge is 0.335 e. The van der Waals surface area contributed by atoms with Crippen LogP contribution in [0.4, 0.5) is 5.69 Å². The Morgan fingerprint density at radius 1 is 1.37 bits per heavy atom. The first-order chi connectivity index (χ1) is 9.06. The van der Waals surface area contributed by atoms with E-state index in [9.17, 15) is 4.79 Å². The van der Waals surface area contributed by atoms with Gasteiger partial charge in [0.2, 0.25) is 0 Å². The molecule has 3 heteroatoms. The molecule has 1 fully saturated rings. The van der Waals surface area contributed by atoms with Gasteiger partial charge in [0.05, 0.1) is 5.56 Å². The van der Waals surface area contributed by atoms with Gasteiger partial charge in [-0.15, -0.1) is 0 Å². The molecule has 19 heavy (non-hydrogen) atoms. The van der Waals surface area contributed by atoms with Gasteiger partial charge in [-0.1, -0.05) is 32.8 Å². The van der Waals surface area contributed by atoms with E-state index in [0.717, 1.165) is 17.5 Å². The van der Waals surface area contributed by atoms with Crippen LogP contribution in [0.5, 0.6) is 0 Å². The topological polar surface area (TPSA) is 49.3 Å². The third-order valence-corrected chi connectivity index (χ3v) is 4.14. The van der Waals surface area contributed by atoms with E-state index in [0.29, 0.717) is 11.6 Å². The molecule has 0 bridgehead atoms. The highest BCUT2D eigenvalue weighted by Crippen LogP contribution is 2.31. The molecule has 1 aliphatic carbocycles. The highest BCUT2D eigenvalue weighted by molar-refractivity contribution is 5.88. The lowest BCUT2D eigenvalue weighted by Gasteiger charge is -2.32. The SMILES string of the molecule is CC(C)C1CCCC(Nc2cccc(C(=O)O)c2)C1. The Bertz CT molecular complexity index is 442. The van der Waals surface area contributed by atoms with Gasteiger partial charge in [0, 0.05) is 11.7 Å². The number of rotatable bonds is 4. The maximum absolute atomic E-state index is 11.0. The zero-order valence-electron chi connectivity index (χ0n) is 11.7. The van der Waals surface area contributed by atoms with Crippen LogP contribution >= 0.6 is 0 Å². The fourth-order valence-electron chi connectivity index (χ4n) is 2.94. The number of hydrogen-bond acceptors (Lipinski definition) is 2. The molecule has 104 valence electrons. The summed E-state index contributed by atoms with van der Waals surface area (Å²) in [6.07, 6.45) is 4.96. The van der Waals surface area contributed by atoms with Gasteiger partial charge in [0.15, 0.2) is 0 Å². The van der Waals surface area contributed by atoms with Crippen molar-refractivity contribution in [1.29, 1.82) is 0 Å². The summed E-state index contributed by atoms with van der Waals surface area (Å²) >= 11 is 0. The third-order valence-electron chi connectivity index (χ3n) is 4.14. The Hall–Kier alpha value is -1.51. The van der Waals surface area contributed by atoms with Crippen molar-refractivity contribution >= 4 is 11.7 Å². The van der Waals surface area contributed by atoms with Crippen molar-refractivity contribution in [2.75, 3.05) is 5.32 Å². The molecule has 2 rings (SSSR count). The van der Waals surface area contributed by atoms with Gasteiger partial charge in [0.1, 0.15) is 0 Å². The summed E-state index contributed by atoms with van der Waals surface area (Å²) in [5, 5.41) is 12.5. The van der Waals surface area contributed by atoms with E-state index in [-0.39, 0.29) is 0 Å². The van der Waals surface area contributed by atoms with E-state index in [2.05, 4.69) is 19.2 Å². The molecule has 2 atom stereocenters. The van der Waals surface area contributed by atoms with Crippen LogP contribution < -0.4 is 5.32 Å². The summed E-state index contributed by atoms with van der Waals surface area (Å²) in [6.45, 7) is 4.58. The Labute approximate surface area is 115 Å². The maximum atomic E-state index is 11.0. The molecule has 0 amide bonds. The zero-order chi connectivity index (χ0) is 13.8. The number of carbonyl (C=O) groups is 1. The second-order valence-electron chi connectivity index (χ2n) is 5.90. The fraction of sp³-hybridized carbons (Fsp3) is 0.562. The van der Waals surface area contributed by atoms with Crippen LogP contribution in [0.2, 0.25) is 0 Å². The van der Waals surface area contributed by atoms with Crippen molar-refractivity contribution in [2.24, 2.45) is 11.8 Å². The summed E-state index contributed by atoms with van der Waals surface area (Å²) in [6, 6.07) is 7.58. The number of anilines is 1. The molecule has 0 heterocycles. The van der Waals surface area contributed by atoms with Gasteiger partial charge in [-0.3, -0.25) is 0 Å². The van der Waals surface area contributed by atoms with E-state index in [1.165, 1.54) is 25.7 Å². The quantitative estimate of drug-likeness (QED) is 0.861. The molecule has 1 aromatic rings. The van der Waals surface area contributed by atoms with Crippen LogP contribution in [0, 0.1) is 11.8 Å². The molecule has 0 spiro atoms. The van der Waals surface area contributed by atoms with Crippen LogP contribution in [-0.2, 0) is 0 Å². The molecule has 1 aromatic carbocycles. The Morgan fingerprint density at radius 2 is 2.16 bits per heavy atom. The highest BCUT2D eigenvalue weighted by Gasteiger charge is 2.24. The minimum absolute atomic E-state index is 0.348. The lowest BCUT2D eigenvalue weighted by Crippen LogP contribution is -2.29. The molecule has 2 N–H and O–H groups in total. The molecular weight excluding hydrogens is 238 g/mol. The summed E-state index contributed by atoms with van der Waals surface area (Å²) in [7, 11) is 0. The van der Waals surface area contributed by atoms with Gasteiger partial charge in [-0.25, -0.2) is 4.79 Å². The minimum atomic E-state index is -0.868. The first-order valence-electron chi connectivity index (χ1n) is 7.16. The van der Waals surface area contributed by atoms with Crippen molar-refractivity contribution in [2.45, 2.75) is 45.6 Å². The van der Waals surface area contributed by atoms with Crippen LogP contribution in [0.25, 0.3) is 0 Å². The zero-order valence-corrected chi connectivity index (χ0v) is 11.7. The molecule has 1 aliphatic rings. The maximum Gasteiger partial charge on any atom is 0.335 e. The van der Waals surface area contributed by atoms with E-state index < -0.39 is 5.97 Å². The largest absolute Gasteiger partial charge is 0.478 e. The third kappa shape index (κ3) is 3.72. The summed E-state index contributed by atoms with van der Waals surface area (Å²) < 4.78 is 0. The van der Waals surface area contributed by atoms with Crippen molar-refractivity contribution in [3.8, 4) is 0 Å². The molecule has 0 radical (unpaired) electrons. The lowest BCUT2D eigenvalue weighted by molar-refractivity contribution is 0.0697. The van der Waals surface area contributed by atoms with Crippen LogP contribution in [-0.4, -0.2) is 17.1 Å². The predicted octanol–water partition coefficient (Wildman–Crippen LogP) is 4.01. The van der Waals surface area contributed by atoms with Crippen LogP contribution in [0.1, 0.15) is 49.9 Å². The molecule has 1 saturated carbocycles. The number of aromatic carboxylic acids is 1. The number of carboxylic acid groups (broad SMARTS) is 1. The summed E-state index contributed by atoms with van der Waals surface area (Å²) in [5.74, 6) is 0.649. The van der Waals surface area contributed by atoms with Crippen molar-refractivity contribution in [3.05, 3.63) is 29.8 Å². The number of nitrogens with one attached hydrogen (secondary N) is 1. The van der Waals surface area contributed by atoms with Gasteiger partial charge in [0.25, 0.3) is 0 Å². The molecule has 2 unspecified atom stereocenters. The standard InChI is InChI=1S/C16H23NO2/c1-11(2)12-5-3-7-14(9-12)17-15-8-4-6-13(10-15)16(18)19/h4,6,8,10-12,14,17H,3,5,7,9H2,1-2H3,(H,18,19). The highest BCUT2D eigenvalue weighted by atomic mass is 16.4. The summed E-state index contributed by atoms with van der Waals surface area (Å²) in [5.41, 5.74) is 1.27. The Kier molecular flexibility index (Phi) is 4.46. The van der Waals surface area contributed by atoms with Crippen molar-refractivity contribution in [3.63, 3.8) is 0 Å². The monoisotopic (exact) mass is 261 g/mol. The molecule has 0 aliphatic heterocycles. The van der Waals surface area contributed by atoms with E-state index in [1.54, 1.807) is 18.2 Å². The fourth-order valence-corrected chi connectivity index (χ4v) is 2.94. The first kappa shape index (κ1) is 13.9. The first-order valence-corrected chi connectivity index (χ1v) is 7.16. The van der Waals surface area contributed by atoms with Gasteiger partial charge in [-0.05, 0) is 42.9 Å². The molecule has 3 nitrogen and oxygen atoms in total. The second-order valence-corrected chi connectivity index (χ2v) is 5.90. The molecular formula is C16H23NO2. The van der Waals surface area contributed by atoms with Crippen LogP contribution in [0.15, 0.2) is 24.3 Å². The number of hydrogen-bond donors (Lipinski definition) is 2. The number of benzene rings is 1. The summed E-state index contributed by atoms with van der Waals surface area (Å²) in [4.78, 5) is 11.0. The normalized spacial score (nSPS) is 23.3. The molecule has 0 aromatic heterocycles. The van der Waals surface area contributed by atoms with E-state index in [4.69, 9.17) is 5.11 Å². The average molecular weight is 261 g/mol.